The Balaban J connectivity index is 1.65. The number of benzene rings is 2. The van der Waals surface area contributed by atoms with Crippen LogP contribution in [-0.2, 0) is 9.53 Å². The lowest BCUT2D eigenvalue weighted by Crippen LogP contribution is -2.33. The summed E-state index contributed by atoms with van der Waals surface area (Å²) >= 11 is 2.85. The van der Waals surface area contributed by atoms with Crippen molar-refractivity contribution in [3.8, 4) is 0 Å². The molecule has 3 rings (SSSR count). The first-order chi connectivity index (χ1) is 14.2. The number of nitrogens with zero attached hydrogens (tertiary/aromatic N) is 3. The van der Waals surface area contributed by atoms with Crippen LogP contribution in [0.15, 0.2) is 65.0 Å². The van der Waals surface area contributed by atoms with Gasteiger partial charge < -0.3 is 15.0 Å². The quantitative estimate of drug-likeness (QED) is 0.390. The van der Waals surface area contributed by atoms with E-state index in [1.807, 2.05) is 43.4 Å². The minimum absolute atomic E-state index is 0.0387. The molecular weight excluding hydrogens is 404 g/mol. The zero-order chi connectivity index (χ0) is 20.5. The van der Waals surface area contributed by atoms with Gasteiger partial charge in [0, 0.05) is 20.7 Å². The molecule has 0 aliphatic carbocycles. The normalized spacial score (nSPS) is 10.9. The van der Waals surface area contributed by atoms with E-state index in [1.165, 1.54) is 23.1 Å². The molecular formula is C21H24N4O2S2. The van der Waals surface area contributed by atoms with Crippen molar-refractivity contribution in [3.63, 3.8) is 0 Å². The fourth-order valence-corrected chi connectivity index (χ4v) is 4.58. The average molecular weight is 429 g/mol. The van der Waals surface area contributed by atoms with Gasteiger partial charge in [0.1, 0.15) is 0 Å². The number of hydrogen-bond donors (Lipinski definition) is 1. The fourth-order valence-electron chi connectivity index (χ4n) is 2.88. The van der Waals surface area contributed by atoms with Gasteiger partial charge in [0.2, 0.25) is 11.0 Å². The Morgan fingerprint density at radius 3 is 2.31 bits per heavy atom. The van der Waals surface area contributed by atoms with Gasteiger partial charge >= 0.3 is 0 Å². The molecule has 0 atom stereocenters. The maximum Gasteiger partial charge on any atom is 0.233 e. The predicted octanol–water partition coefficient (Wildman–Crippen LogP) is 3.94. The maximum absolute atomic E-state index is 13.0. The van der Waals surface area contributed by atoms with Crippen LogP contribution in [0.25, 0.3) is 0 Å². The summed E-state index contributed by atoms with van der Waals surface area (Å²) in [5.41, 5.74) is 2.17. The Labute approximate surface area is 179 Å². The number of ether oxygens (including phenoxy) is 1. The highest BCUT2D eigenvalue weighted by atomic mass is 32.2. The Hall–Kier alpha value is -2.42. The fraction of sp³-hybridized carbons (Fsp3) is 0.286. The average Bonchev–Trinajstić information content (AvgIpc) is 3.21. The SMILES string of the molecule is COCCNc1nnc(SCC(=O)N(C)C(c2ccccc2)c2ccccc2)s1. The molecule has 1 N–H and O–H groups in total. The van der Waals surface area contributed by atoms with Crippen LogP contribution < -0.4 is 5.32 Å². The van der Waals surface area contributed by atoms with Crippen molar-refractivity contribution < 1.29 is 9.53 Å². The lowest BCUT2D eigenvalue weighted by Gasteiger charge is -2.29. The van der Waals surface area contributed by atoms with E-state index in [4.69, 9.17) is 4.74 Å². The van der Waals surface area contributed by atoms with Gasteiger partial charge in [-0.3, -0.25) is 4.79 Å². The molecule has 0 radical (unpaired) electrons. The first-order valence-electron chi connectivity index (χ1n) is 9.23. The van der Waals surface area contributed by atoms with Gasteiger partial charge in [-0.1, -0.05) is 83.8 Å². The minimum Gasteiger partial charge on any atom is -0.383 e. The van der Waals surface area contributed by atoms with E-state index >= 15 is 0 Å². The summed E-state index contributed by atoms with van der Waals surface area (Å²) in [6.45, 7) is 1.28. The molecule has 1 amide bonds. The number of anilines is 1. The van der Waals surface area contributed by atoms with Crippen molar-refractivity contribution in [1.82, 2.24) is 15.1 Å². The van der Waals surface area contributed by atoms with Crippen LogP contribution >= 0.6 is 23.1 Å². The molecule has 2 aromatic carbocycles. The first-order valence-corrected chi connectivity index (χ1v) is 11.0. The molecule has 152 valence electrons. The van der Waals surface area contributed by atoms with Gasteiger partial charge in [-0.15, -0.1) is 10.2 Å². The second-order valence-corrected chi connectivity index (χ2v) is 8.51. The zero-order valence-electron chi connectivity index (χ0n) is 16.4. The standard InChI is InChI=1S/C21H24N4O2S2/c1-25(18(26)15-28-21-24-23-20(29-21)22-13-14-27-2)19(16-9-5-3-6-10-16)17-11-7-4-8-12-17/h3-12,19H,13-15H2,1-2H3,(H,22,23). The van der Waals surface area contributed by atoms with E-state index in [-0.39, 0.29) is 11.9 Å². The number of aromatic nitrogens is 2. The van der Waals surface area contributed by atoms with Crippen LogP contribution in [0, 0.1) is 0 Å². The largest absolute Gasteiger partial charge is 0.383 e. The molecule has 1 heterocycles. The topological polar surface area (TPSA) is 67.3 Å². The zero-order valence-corrected chi connectivity index (χ0v) is 18.1. The number of methoxy groups -OCH3 is 1. The Kier molecular flexibility index (Phi) is 8.03. The van der Waals surface area contributed by atoms with Crippen molar-refractivity contribution in [1.29, 1.82) is 0 Å². The molecule has 0 unspecified atom stereocenters. The number of carbonyl (C=O) groups excluding carboxylic acids is 1. The van der Waals surface area contributed by atoms with E-state index in [0.29, 0.717) is 18.9 Å². The first kappa shape index (κ1) is 21.3. The highest BCUT2D eigenvalue weighted by Gasteiger charge is 2.23. The van der Waals surface area contributed by atoms with Crippen molar-refractivity contribution in [2.24, 2.45) is 0 Å². The van der Waals surface area contributed by atoms with Crippen LogP contribution in [0.5, 0.6) is 0 Å². The molecule has 0 aliphatic heterocycles. The van der Waals surface area contributed by atoms with Gasteiger partial charge in [0.15, 0.2) is 4.34 Å². The molecule has 8 heteroatoms. The Bertz CT molecular complexity index is 850. The van der Waals surface area contributed by atoms with E-state index < -0.39 is 0 Å². The summed E-state index contributed by atoms with van der Waals surface area (Å²) in [7, 11) is 3.51. The lowest BCUT2D eigenvalue weighted by atomic mass is 9.97. The Morgan fingerprint density at radius 1 is 1.10 bits per heavy atom. The lowest BCUT2D eigenvalue weighted by molar-refractivity contribution is -0.128. The van der Waals surface area contributed by atoms with Gasteiger partial charge in [-0.25, -0.2) is 0 Å². The molecule has 6 nitrogen and oxygen atoms in total. The second-order valence-electron chi connectivity index (χ2n) is 6.31. The van der Waals surface area contributed by atoms with Crippen molar-refractivity contribution in [2.45, 2.75) is 10.4 Å². The Morgan fingerprint density at radius 2 is 1.72 bits per heavy atom. The number of amides is 1. The molecule has 0 saturated heterocycles. The van der Waals surface area contributed by atoms with Gasteiger partial charge in [-0.05, 0) is 11.1 Å². The summed E-state index contributed by atoms with van der Waals surface area (Å²) in [4.78, 5) is 14.8. The van der Waals surface area contributed by atoms with Gasteiger partial charge in [-0.2, -0.15) is 0 Å². The van der Waals surface area contributed by atoms with Crippen molar-refractivity contribution in [3.05, 3.63) is 71.8 Å². The van der Waals surface area contributed by atoms with Crippen LogP contribution in [-0.4, -0.2) is 54.1 Å². The molecule has 29 heavy (non-hydrogen) atoms. The van der Waals surface area contributed by atoms with Crippen LogP contribution in [0.2, 0.25) is 0 Å². The molecule has 0 saturated carbocycles. The van der Waals surface area contributed by atoms with Crippen LogP contribution in [0.1, 0.15) is 17.2 Å². The van der Waals surface area contributed by atoms with Gasteiger partial charge in [0.25, 0.3) is 0 Å². The second kappa shape index (κ2) is 10.9. The third-order valence-electron chi connectivity index (χ3n) is 4.32. The monoisotopic (exact) mass is 428 g/mol. The van der Waals surface area contributed by atoms with E-state index in [1.54, 1.807) is 12.0 Å². The number of hydrogen-bond acceptors (Lipinski definition) is 7. The summed E-state index contributed by atoms with van der Waals surface area (Å²) in [6, 6.07) is 20.0. The molecule has 3 aromatic rings. The predicted molar refractivity (Wildman–Crippen MR) is 118 cm³/mol. The van der Waals surface area contributed by atoms with Gasteiger partial charge in [0.05, 0.1) is 18.4 Å². The minimum atomic E-state index is -0.133. The number of rotatable bonds is 10. The van der Waals surface area contributed by atoms with Crippen LogP contribution in [0.4, 0.5) is 5.13 Å². The molecule has 0 fully saturated rings. The summed E-state index contributed by atoms with van der Waals surface area (Å²) in [5.74, 6) is 0.344. The maximum atomic E-state index is 13.0. The molecule has 0 bridgehead atoms. The van der Waals surface area contributed by atoms with Crippen molar-refractivity contribution >= 4 is 34.1 Å². The highest BCUT2D eigenvalue weighted by molar-refractivity contribution is 8.01. The highest BCUT2D eigenvalue weighted by Crippen LogP contribution is 2.30. The third-order valence-corrected chi connectivity index (χ3v) is 6.32. The summed E-state index contributed by atoms with van der Waals surface area (Å²) < 4.78 is 5.78. The molecule has 0 spiro atoms. The van der Waals surface area contributed by atoms with E-state index in [0.717, 1.165) is 20.6 Å². The van der Waals surface area contributed by atoms with E-state index in [9.17, 15) is 4.79 Å². The summed E-state index contributed by atoms with van der Waals surface area (Å²) in [6.07, 6.45) is 0. The van der Waals surface area contributed by atoms with E-state index in [2.05, 4.69) is 39.8 Å². The number of nitrogens with one attached hydrogen (secondary N) is 1. The summed E-state index contributed by atoms with van der Waals surface area (Å²) in [5, 5.41) is 12.1. The number of carbonyl (C=O) groups is 1. The van der Waals surface area contributed by atoms with Crippen molar-refractivity contribution in [2.75, 3.05) is 38.4 Å². The number of thioether (sulfide) groups is 1. The molecule has 0 aliphatic rings. The molecule has 1 aromatic heterocycles. The van der Waals surface area contributed by atoms with Crippen LogP contribution in [0.3, 0.4) is 0 Å². The smallest absolute Gasteiger partial charge is 0.233 e. The third kappa shape index (κ3) is 6.03.